The van der Waals surface area contributed by atoms with Gasteiger partial charge in [0.1, 0.15) is 0 Å². The van der Waals surface area contributed by atoms with Gasteiger partial charge in [0.15, 0.2) is 0 Å². The van der Waals surface area contributed by atoms with Gasteiger partial charge in [-0.1, -0.05) is 18.2 Å². The Morgan fingerprint density at radius 3 is 2.64 bits per heavy atom. The van der Waals surface area contributed by atoms with Gasteiger partial charge < -0.3 is 15.5 Å². The zero-order chi connectivity index (χ0) is 8.91. The van der Waals surface area contributed by atoms with Crippen LogP contribution < -0.4 is 5.32 Å². The fraction of sp³-hybridized carbons (Fsp3) is 0.714. The molecule has 0 saturated heterocycles. The first-order valence-electron chi connectivity index (χ1n) is 3.35. The Kier molecular flexibility index (Phi) is 4.68. The third kappa shape index (κ3) is 6.31. The summed E-state index contributed by atoms with van der Waals surface area (Å²) in [7, 11) is 0. The summed E-state index contributed by atoms with van der Waals surface area (Å²) in [6, 6.07) is 0. The van der Waals surface area contributed by atoms with Gasteiger partial charge in [0, 0.05) is 18.1 Å². The van der Waals surface area contributed by atoms with Crippen LogP contribution in [0.1, 0.15) is 6.92 Å². The smallest absolute Gasteiger partial charge is 0.0972 e. The standard InChI is InChI=1S/C7H14ClNO2/c1-6(8)3-9-4-7(2,11)5-10/h9-11H,1,3-5H2,2H3. The molecule has 0 rings (SSSR count). The predicted octanol–water partition coefficient (Wildman–Crippen LogP) is 0.0718. The maximum atomic E-state index is 9.25. The van der Waals surface area contributed by atoms with E-state index in [0.717, 1.165) is 0 Å². The normalized spacial score (nSPS) is 16.0. The molecule has 0 aromatic carbocycles. The van der Waals surface area contributed by atoms with Gasteiger partial charge in [0.05, 0.1) is 12.2 Å². The summed E-state index contributed by atoms with van der Waals surface area (Å²) in [5.41, 5.74) is -1.08. The van der Waals surface area contributed by atoms with Gasteiger partial charge in [0.2, 0.25) is 0 Å². The number of hydrogen-bond acceptors (Lipinski definition) is 3. The molecule has 3 N–H and O–H groups in total. The number of rotatable bonds is 5. The minimum absolute atomic E-state index is 0.269. The molecule has 3 nitrogen and oxygen atoms in total. The van der Waals surface area contributed by atoms with Gasteiger partial charge in [-0.05, 0) is 6.92 Å². The Morgan fingerprint density at radius 1 is 1.73 bits per heavy atom. The molecule has 11 heavy (non-hydrogen) atoms. The van der Waals surface area contributed by atoms with Crippen LogP contribution in [0.25, 0.3) is 0 Å². The molecule has 0 saturated carbocycles. The zero-order valence-corrected chi connectivity index (χ0v) is 7.36. The number of aliphatic hydroxyl groups is 2. The van der Waals surface area contributed by atoms with E-state index in [4.69, 9.17) is 16.7 Å². The summed E-state index contributed by atoms with van der Waals surface area (Å²) in [5.74, 6) is 0. The molecule has 0 aromatic heterocycles. The van der Waals surface area contributed by atoms with E-state index in [1.54, 1.807) is 0 Å². The van der Waals surface area contributed by atoms with Crippen molar-refractivity contribution in [2.45, 2.75) is 12.5 Å². The SMILES string of the molecule is C=C(Cl)CNCC(C)(O)CO. The highest BCUT2D eigenvalue weighted by Gasteiger charge is 2.17. The van der Waals surface area contributed by atoms with Gasteiger partial charge in [-0.3, -0.25) is 0 Å². The van der Waals surface area contributed by atoms with Crippen molar-refractivity contribution in [3.63, 3.8) is 0 Å². The lowest BCUT2D eigenvalue weighted by molar-refractivity contribution is 0.00346. The molecule has 0 spiro atoms. The van der Waals surface area contributed by atoms with Crippen LogP contribution in [-0.4, -0.2) is 35.5 Å². The first kappa shape index (κ1) is 10.9. The van der Waals surface area contributed by atoms with Crippen molar-refractivity contribution in [1.82, 2.24) is 5.32 Å². The Hall–Kier alpha value is -0.0900. The van der Waals surface area contributed by atoms with E-state index < -0.39 is 5.60 Å². The third-order valence-corrected chi connectivity index (χ3v) is 1.30. The molecule has 0 aliphatic rings. The van der Waals surface area contributed by atoms with Crippen LogP contribution in [-0.2, 0) is 0 Å². The molecule has 0 aromatic rings. The predicted molar refractivity (Wildman–Crippen MR) is 45.6 cm³/mol. The molecule has 0 heterocycles. The fourth-order valence-corrected chi connectivity index (χ4v) is 0.618. The second-order valence-corrected chi connectivity index (χ2v) is 3.31. The van der Waals surface area contributed by atoms with E-state index >= 15 is 0 Å². The molecule has 0 amide bonds. The van der Waals surface area contributed by atoms with Crippen LogP contribution in [0, 0.1) is 0 Å². The first-order valence-corrected chi connectivity index (χ1v) is 3.73. The molecule has 1 unspecified atom stereocenters. The van der Waals surface area contributed by atoms with Crippen LogP contribution in [0.2, 0.25) is 0 Å². The largest absolute Gasteiger partial charge is 0.393 e. The average molecular weight is 180 g/mol. The van der Waals surface area contributed by atoms with Gasteiger partial charge in [-0.25, -0.2) is 0 Å². The Balaban J connectivity index is 3.45. The summed E-state index contributed by atoms with van der Waals surface area (Å²) in [5, 5.41) is 21.2. The highest BCUT2D eigenvalue weighted by atomic mass is 35.5. The molecular formula is C7H14ClNO2. The Morgan fingerprint density at radius 2 is 2.27 bits per heavy atom. The van der Waals surface area contributed by atoms with Crippen molar-refractivity contribution in [2.75, 3.05) is 19.7 Å². The van der Waals surface area contributed by atoms with E-state index in [0.29, 0.717) is 18.1 Å². The minimum Gasteiger partial charge on any atom is -0.393 e. The fourth-order valence-electron chi connectivity index (χ4n) is 0.523. The number of nitrogens with one attached hydrogen (secondary N) is 1. The second-order valence-electron chi connectivity index (χ2n) is 2.78. The van der Waals surface area contributed by atoms with Crippen LogP contribution in [0.3, 0.4) is 0 Å². The lowest BCUT2D eigenvalue weighted by atomic mass is 10.1. The van der Waals surface area contributed by atoms with Crippen molar-refractivity contribution in [3.05, 3.63) is 11.6 Å². The zero-order valence-electron chi connectivity index (χ0n) is 6.60. The molecule has 0 aliphatic heterocycles. The van der Waals surface area contributed by atoms with Gasteiger partial charge in [0.25, 0.3) is 0 Å². The topological polar surface area (TPSA) is 52.5 Å². The van der Waals surface area contributed by atoms with Gasteiger partial charge in [-0.15, -0.1) is 0 Å². The average Bonchev–Trinajstić information content (AvgIpc) is 1.87. The van der Waals surface area contributed by atoms with Crippen LogP contribution in [0.5, 0.6) is 0 Å². The summed E-state index contributed by atoms with van der Waals surface area (Å²) in [6.07, 6.45) is 0. The van der Waals surface area contributed by atoms with Crippen molar-refractivity contribution < 1.29 is 10.2 Å². The molecule has 1 atom stereocenters. The van der Waals surface area contributed by atoms with Crippen molar-refractivity contribution in [3.8, 4) is 0 Å². The highest BCUT2D eigenvalue weighted by molar-refractivity contribution is 6.29. The van der Waals surface area contributed by atoms with E-state index in [-0.39, 0.29) is 6.61 Å². The lowest BCUT2D eigenvalue weighted by Gasteiger charge is -2.20. The summed E-state index contributed by atoms with van der Waals surface area (Å²) >= 11 is 5.45. The molecule has 0 bridgehead atoms. The van der Waals surface area contributed by atoms with Crippen LogP contribution in [0.4, 0.5) is 0 Å². The lowest BCUT2D eigenvalue weighted by Crippen LogP contribution is -2.41. The molecule has 0 radical (unpaired) electrons. The van der Waals surface area contributed by atoms with E-state index in [1.165, 1.54) is 6.92 Å². The summed E-state index contributed by atoms with van der Waals surface area (Å²) < 4.78 is 0. The first-order chi connectivity index (χ1) is 4.98. The maximum Gasteiger partial charge on any atom is 0.0972 e. The van der Waals surface area contributed by atoms with Crippen molar-refractivity contribution >= 4 is 11.6 Å². The molecule has 0 fully saturated rings. The van der Waals surface area contributed by atoms with Crippen LogP contribution >= 0.6 is 11.6 Å². The van der Waals surface area contributed by atoms with Crippen molar-refractivity contribution in [2.24, 2.45) is 0 Å². The van der Waals surface area contributed by atoms with E-state index in [9.17, 15) is 5.11 Å². The Labute approximate surface area is 71.7 Å². The quantitative estimate of drug-likeness (QED) is 0.560. The molecule has 4 heteroatoms. The van der Waals surface area contributed by atoms with Crippen LogP contribution in [0.15, 0.2) is 11.6 Å². The molecule has 66 valence electrons. The summed E-state index contributed by atoms with van der Waals surface area (Å²) in [4.78, 5) is 0. The molecular weight excluding hydrogens is 166 g/mol. The monoisotopic (exact) mass is 179 g/mol. The van der Waals surface area contributed by atoms with Gasteiger partial charge in [-0.2, -0.15) is 0 Å². The number of hydrogen-bond donors (Lipinski definition) is 3. The number of aliphatic hydroxyl groups excluding tert-OH is 1. The molecule has 0 aliphatic carbocycles. The summed E-state index contributed by atoms with van der Waals surface area (Å²) in [6.45, 7) is 5.47. The maximum absolute atomic E-state index is 9.25. The minimum atomic E-state index is -1.08. The van der Waals surface area contributed by atoms with Crippen molar-refractivity contribution in [1.29, 1.82) is 0 Å². The second kappa shape index (κ2) is 4.72. The third-order valence-electron chi connectivity index (χ3n) is 1.16. The van der Waals surface area contributed by atoms with Gasteiger partial charge >= 0.3 is 0 Å². The highest BCUT2D eigenvalue weighted by Crippen LogP contribution is 1.99. The number of halogens is 1. The van der Waals surface area contributed by atoms with E-state index in [2.05, 4.69) is 11.9 Å². The van der Waals surface area contributed by atoms with E-state index in [1.807, 2.05) is 0 Å². The Bertz CT molecular complexity index is 136.